The number of benzene rings is 1. The van der Waals surface area contributed by atoms with Gasteiger partial charge in [0, 0.05) is 18.5 Å². The number of amides is 1. The van der Waals surface area contributed by atoms with Crippen LogP contribution in [-0.4, -0.2) is 47.3 Å². The van der Waals surface area contributed by atoms with E-state index < -0.39 is 29.2 Å². The van der Waals surface area contributed by atoms with Gasteiger partial charge >= 0.3 is 0 Å². The Morgan fingerprint density at radius 1 is 1.41 bits per heavy atom. The van der Waals surface area contributed by atoms with Gasteiger partial charge in [-0.25, -0.2) is 4.39 Å². The first-order valence-electron chi connectivity index (χ1n) is 8.58. The molecule has 1 aromatic rings. The van der Waals surface area contributed by atoms with E-state index in [9.17, 15) is 24.3 Å². The number of hydrogen-bond acceptors (Lipinski definition) is 6. The first kappa shape index (κ1) is 18.0. The van der Waals surface area contributed by atoms with E-state index in [2.05, 4.69) is 5.32 Å². The van der Waals surface area contributed by atoms with Crippen molar-refractivity contribution in [2.45, 2.75) is 25.3 Å². The highest BCUT2D eigenvalue weighted by atomic mass is 19.1. The van der Waals surface area contributed by atoms with E-state index >= 15 is 0 Å². The monoisotopic (exact) mass is 375 g/mol. The normalized spacial score (nSPS) is 27.9. The molecule has 1 saturated heterocycles. The maximum atomic E-state index is 12.9. The molecule has 0 aromatic heterocycles. The third-order valence-electron chi connectivity index (χ3n) is 4.94. The largest absolute Gasteiger partial charge is 0.608 e. The average Bonchev–Trinajstić information content (AvgIpc) is 3.12. The molecule has 1 amide bonds. The summed E-state index contributed by atoms with van der Waals surface area (Å²) in [6.07, 6.45) is -0.413. The highest BCUT2D eigenvalue weighted by molar-refractivity contribution is 6.22. The number of nitrogens with one attached hydrogen (secondary N) is 2. The van der Waals surface area contributed by atoms with Crippen molar-refractivity contribution in [2.75, 3.05) is 13.2 Å². The maximum Gasteiger partial charge on any atom is 0.255 e. The summed E-state index contributed by atoms with van der Waals surface area (Å²) in [5.41, 5.74) is 0.929. The lowest BCUT2D eigenvalue weighted by Crippen LogP contribution is -3.15. The predicted octanol–water partition coefficient (Wildman–Crippen LogP) is -1.07. The standard InChI is InChI=1S/C18H18FN3O5/c19-12-3-1-10(2-4-12)9-20-18(25)13-7-11-8-14-21(5-6-27-14)22(26)15(11)17(24)16(13)23/h1-4,7,14,17,22,24H,5-6,8-9H2,(H,20,25). The molecule has 0 bridgehead atoms. The van der Waals surface area contributed by atoms with Gasteiger partial charge in [-0.1, -0.05) is 12.1 Å². The van der Waals surface area contributed by atoms with Crippen LogP contribution in [0.15, 0.2) is 47.2 Å². The van der Waals surface area contributed by atoms with Gasteiger partial charge in [-0.05, 0) is 23.8 Å². The molecule has 1 fully saturated rings. The summed E-state index contributed by atoms with van der Waals surface area (Å²) in [5.74, 6) is -1.85. The summed E-state index contributed by atoms with van der Waals surface area (Å²) in [6, 6.07) is 5.59. The second-order valence-corrected chi connectivity index (χ2v) is 6.60. The van der Waals surface area contributed by atoms with E-state index in [1.807, 2.05) is 0 Å². The number of halogens is 1. The second kappa shape index (κ2) is 6.95. The highest BCUT2D eigenvalue weighted by Gasteiger charge is 2.46. The van der Waals surface area contributed by atoms with Crippen LogP contribution in [0.5, 0.6) is 0 Å². The van der Waals surface area contributed by atoms with Crippen molar-refractivity contribution >= 4 is 11.7 Å². The summed E-state index contributed by atoms with van der Waals surface area (Å²) < 4.78 is 18.4. The van der Waals surface area contributed by atoms with Crippen molar-refractivity contribution in [3.05, 3.63) is 63.8 Å². The number of rotatable bonds is 3. The quantitative estimate of drug-likeness (QED) is 0.459. The number of quaternary nitrogens is 1. The summed E-state index contributed by atoms with van der Waals surface area (Å²) in [7, 11) is 0. The Kier molecular flexibility index (Phi) is 4.62. The molecule has 3 aliphatic rings. The molecular weight excluding hydrogens is 357 g/mol. The fraction of sp³-hybridized carbons (Fsp3) is 0.333. The van der Waals surface area contributed by atoms with Gasteiger partial charge in [0.05, 0.1) is 18.7 Å². The Morgan fingerprint density at radius 3 is 2.89 bits per heavy atom. The molecule has 4 rings (SSSR count). The van der Waals surface area contributed by atoms with E-state index in [1.54, 1.807) is 0 Å². The molecule has 0 saturated carbocycles. The number of Topliss-reactive ketones (excluding diaryl/α,β-unsaturated/α-hetero) is 1. The number of ketones is 1. The lowest BCUT2D eigenvalue weighted by Gasteiger charge is -2.41. The Morgan fingerprint density at radius 2 is 2.15 bits per heavy atom. The van der Waals surface area contributed by atoms with Crippen LogP contribution in [-0.2, 0) is 20.9 Å². The van der Waals surface area contributed by atoms with Gasteiger partial charge in [0.15, 0.2) is 18.0 Å². The molecule has 8 nitrogen and oxygen atoms in total. The van der Waals surface area contributed by atoms with Crippen molar-refractivity contribution < 1.29 is 29.0 Å². The third-order valence-corrected chi connectivity index (χ3v) is 4.94. The van der Waals surface area contributed by atoms with Gasteiger partial charge in [0.1, 0.15) is 5.82 Å². The van der Waals surface area contributed by atoms with Crippen molar-refractivity contribution in [1.82, 2.24) is 10.3 Å². The molecule has 142 valence electrons. The molecular formula is C18H18FN3O5. The summed E-state index contributed by atoms with van der Waals surface area (Å²) in [6.45, 7) is 0.913. The fourth-order valence-corrected chi connectivity index (χ4v) is 3.52. The number of hydrogen-bond donors (Lipinski definition) is 3. The number of nitrogens with zero attached hydrogens (tertiary/aromatic N) is 1. The van der Waals surface area contributed by atoms with E-state index in [0.717, 1.165) is 0 Å². The Hall–Kier alpha value is -2.43. The van der Waals surface area contributed by atoms with Crippen LogP contribution >= 0.6 is 0 Å². The summed E-state index contributed by atoms with van der Waals surface area (Å²) in [4.78, 5) is 24.9. The first-order valence-corrected chi connectivity index (χ1v) is 8.58. The maximum absolute atomic E-state index is 12.9. The molecule has 0 spiro atoms. The van der Waals surface area contributed by atoms with Crippen molar-refractivity contribution in [1.29, 1.82) is 0 Å². The fourth-order valence-electron chi connectivity index (χ4n) is 3.52. The smallest absolute Gasteiger partial charge is 0.255 e. The van der Waals surface area contributed by atoms with Crippen LogP contribution in [0.4, 0.5) is 4.39 Å². The average molecular weight is 375 g/mol. The van der Waals surface area contributed by atoms with Crippen LogP contribution in [0.3, 0.4) is 0 Å². The lowest BCUT2D eigenvalue weighted by molar-refractivity contribution is -0.948. The van der Waals surface area contributed by atoms with Crippen LogP contribution in [0.25, 0.3) is 0 Å². The predicted molar refractivity (Wildman–Crippen MR) is 89.8 cm³/mol. The van der Waals surface area contributed by atoms with E-state index in [-0.39, 0.29) is 23.6 Å². The zero-order valence-corrected chi connectivity index (χ0v) is 14.3. The van der Waals surface area contributed by atoms with Gasteiger partial charge in [-0.2, -0.15) is 0 Å². The Bertz CT molecular complexity index is 851. The zero-order valence-electron chi connectivity index (χ0n) is 14.3. The third kappa shape index (κ3) is 3.20. The number of carbonyl (C=O) groups excluding carboxylic acids is 2. The molecule has 0 radical (unpaired) electrons. The summed E-state index contributed by atoms with van der Waals surface area (Å²) in [5, 5.41) is 26.5. The number of hydroxylamine groups is 1. The molecule has 2 aliphatic heterocycles. The van der Waals surface area contributed by atoms with Gasteiger partial charge in [-0.15, -0.1) is 5.01 Å². The van der Waals surface area contributed by atoms with Crippen molar-refractivity contribution in [3.8, 4) is 0 Å². The van der Waals surface area contributed by atoms with Gasteiger partial charge < -0.3 is 20.4 Å². The highest BCUT2D eigenvalue weighted by Crippen LogP contribution is 2.28. The number of aliphatic hydroxyl groups excluding tert-OH is 1. The minimum absolute atomic E-state index is 0.0248. The van der Waals surface area contributed by atoms with E-state index in [4.69, 9.17) is 4.74 Å². The van der Waals surface area contributed by atoms with Crippen LogP contribution in [0.2, 0.25) is 0 Å². The van der Waals surface area contributed by atoms with Crippen LogP contribution in [0, 0.1) is 11.0 Å². The molecule has 9 heteroatoms. The first-order chi connectivity index (χ1) is 13.0. The zero-order chi connectivity index (χ0) is 19.1. The SMILES string of the molecule is O=C(NCc1ccc(F)cc1)C1=CC2=C(C(O)C1=O)[NH+]([O-])N1CCOC1C2. The summed E-state index contributed by atoms with van der Waals surface area (Å²) >= 11 is 0. The molecule has 2 heterocycles. The number of fused-ring (bicyclic) bond motifs is 1. The lowest BCUT2D eigenvalue weighted by atomic mass is 9.89. The van der Waals surface area contributed by atoms with Crippen molar-refractivity contribution in [2.24, 2.45) is 0 Å². The minimum Gasteiger partial charge on any atom is -0.608 e. The molecule has 1 aliphatic carbocycles. The molecule has 1 aromatic carbocycles. The number of aliphatic hydroxyl groups is 1. The Labute approximate surface area is 154 Å². The number of allylic oxidation sites excluding steroid dienone is 1. The second-order valence-electron chi connectivity index (χ2n) is 6.60. The van der Waals surface area contributed by atoms with Gasteiger partial charge in [0.2, 0.25) is 5.78 Å². The molecule has 3 atom stereocenters. The minimum atomic E-state index is -1.66. The van der Waals surface area contributed by atoms with Crippen LogP contribution in [0.1, 0.15) is 12.0 Å². The Balaban J connectivity index is 1.54. The van der Waals surface area contributed by atoms with Gasteiger partial charge in [-0.3, -0.25) is 14.8 Å². The van der Waals surface area contributed by atoms with Gasteiger partial charge in [0.25, 0.3) is 5.91 Å². The number of ether oxygens (including phenoxy) is 1. The number of carbonyl (C=O) groups is 2. The molecule has 27 heavy (non-hydrogen) atoms. The molecule has 3 unspecified atom stereocenters. The van der Waals surface area contributed by atoms with Crippen LogP contribution < -0.4 is 10.5 Å². The van der Waals surface area contributed by atoms with Crippen molar-refractivity contribution in [3.63, 3.8) is 0 Å². The molecule has 3 N–H and O–H groups in total. The van der Waals surface area contributed by atoms with E-state index in [1.165, 1.54) is 35.4 Å². The topological polar surface area (TPSA) is 106 Å². The van der Waals surface area contributed by atoms with E-state index in [0.29, 0.717) is 30.7 Å².